The molecule has 11 nitrogen and oxygen atoms in total. The molecule has 10 rings (SSSR count). The smallest absolute Gasteiger partial charge is 0.170 e. The monoisotopic (exact) mass is 827 g/mol. The lowest BCUT2D eigenvalue weighted by atomic mass is 9.53. The Kier molecular flexibility index (Phi) is 10.2. The van der Waals surface area contributed by atoms with Gasteiger partial charge in [0, 0.05) is 78.2 Å². The average Bonchev–Trinajstić information content (AvgIpc) is 4.07. The van der Waals surface area contributed by atoms with Gasteiger partial charge in [-0.15, -0.1) is 0 Å². The normalized spacial score (nSPS) is 49.2. The van der Waals surface area contributed by atoms with Crippen molar-refractivity contribution in [2.45, 2.75) is 176 Å². The van der Waals surface area contributed by atoms with Gasteiger partial charge in [-0.05, 0) is 126 Å². The molecule has 10 unspecified atom stereocenters. The fraction of sp³-hybridized carbons (Fsp3) is 0.917. The lowest BCUT2D eigenvalue weighted by Gasteiger charge is -2.53. The van der Waals surface area contributed by atoms with Gasteiger partial charge in [0.15, 0.2) is 11.6 Å². The first-order chi connectivity index (χ1) is 28.4. The first kappa shape index (κ1) is 42.0. The van der Waals surface area contributed by atoms with Crippen LogP contribution in [-0.4, -0.2) is 114 Å². The largest absolute Gasteiger partial charge is 0.372 e. The predicted octanol–water partition coefficient (Wildman–Crippen LogP) is 8.18. The van der Waals surface area contributed by atoms with Crippen molar-refractivity contribution >= 4 is 0 Å². The summed E-state index contributed by atoms with van der Waals surface area (Å²) in [7, 11) is 7.10. The second-order valence-electron chi connectivity index (χ2n) is 21.0. The van der Waals surface area contributed by atoms with Crippen molar-refractivity contribution in [2.24, 2.45) is 34.5 Å². The van der Waals surface area contributed by atoms with E-state index in [4.69, 9.17) is 52.1 Å². The van der Waals surface area contributed by atoms with E-state index in [9.17, 15) is 0 Å². The SMILES string of the molecule is CCOC1(COCOCOCC2(OCC)CCC3C4CCC56CC(OC)(OC)CCC5(O6)C4=CC[C@@]32C)CCC2C3CCC45CC(OC)(OC)CCC4(O5)C3=CC[C@@]21C. The first-order valence-corrected chi connectivity index (χ1v) is 23.4. The van der Waals surface area contributed by atoms with Crippen LogP contribution < -0.4 is 0 Å². The number of allylic oxidation sites excluding steroid dienone is 2. The Morgan fingerprint density at radius 2 is 0.966 bits per heavy atom. The molecule has 0 spiro atoms. The van der Waals surface area contributed by atoms with Crippen molar-refractivity contribution in [3.05, 3.63) is 23.3 Å². The number of methoxy groups -OCH3 is 4. The van der Waals surface area contributed by atoms with Gasteiger partial charge in [-0.2, -0.15) is 0 Å². The summed E-state index contributed by atoms with van der Waals surface area (Å²) in [6, 6.07) is 0. The zero-order chi connectivity index (χ0) is 41.2. The van der Waals surface area contributed by atoms with Crippen LogP contribution in [0, 0.1) is 34.5 Å². The Labute approximate surface area is 353 Å². The number of rotatable bonds is 16. The molecule has 0 N–H and O–H groups in total. The summed E-state index contributed by atoms with van der Waals surface area (Å²) < 4.78 is 69.9. The molecule has 59 heavy (non-hydrogen) atoms. The van der Waals surface area contributed by atoms with E-state index in [-0.39, 0.29) is 58.0 Å². The lowest BCUT2D eigenvalue weighted by molar-refractivity contribution is -0.230. The molecule has 10 aliphatic rings. The van der Waals surface area contributed by atoms with Gasteiger partial charge in [-0.1, -0.05) is 26.0 Å². The second-order valence-corrected chi connectivity index (χ2v) is 21.0. The Hall–Kier alpha value is -0.960. The minimum absolute atomic E-state index is 0.0240. The van der Waals surface area contributed by atoms with E-state index in [0.717, 1.165) is 103 Å². The summed E-state index contributed by atoms with van der Waals surface area (Å²) in [5.41, 5.74) is 1.78. The zero-order valence-electron chi connectivity index (χ0n) is 37.5. The highest BCUT2D eigenvalue weighted by atomic mass is 16.7. The molecule has 0 aromatic rings. The van der Waals surface area contributed by atoms with Crippen LogP contribution in [0.5, 0.6) is 0 Å². The molecular weight excluding hydrogens is 753 g/mol. The summed E-state index contributed by atoms with van der Waals surface area (Å²) in [6.07, 6.45) is 21.0. The van der Waals surface area contributed by atoms with Crippen molar-refractivity contribution in [1.29, 1.82) is 0 Å². The van der Waals surface area contributed by atoms with Crippen LogP contribution in [0.2, 0.25) is 0 Å². The molecule has 2 aliphatic heterocycles. The van der Waals surface area contributed by atoms with Crippen molar-refractivity contribution < 1.29 is 52.1 Å². The molecule has 0 radical (unpaired) electrons. The van der Waals surface area contributed by atoms with Gasteiger partial charge in [-0.25, -0.2) is 0 Å². The molecule has 2 saturated heterocycles. The summed E-state index contributed by atoms with van der Waals surface area (Å²) in [5, 5.41) is 0. The molecule has 0 amide bonds. The molecular formula is C48H74O11. The van der Waals surface area contributed by atoms with E-state index in [1.54, 1.807) is 39.6 Å². The molecule has 11 heteroatoms. The first-order valence-electron chi connectivity index (χ1n) is 23.4. The fourth-order valence-corrected chi connectivity index (χ4v) is 16.4. The molecule has 0 bridgehead atoms. The van der Waals surface area contributed by atoms with E-state index in [2.05, 4.69) is 39.8 Å². The van der Waals surface area contributed by atoms with E-state index in [0.29, 0.717) is 50.1 Å². The van der Waals surface area contributed by atoms with Gasteiger partial charge in [0.25, 0.3) is 0 Å². The minimum atomic E-state index is -0.534. The van der Waals surface area contributed by atoms with E-state index in [1.807, 2.05) is 0 Å². The van der Waals surface area contributed by atoms with Crippen LogP contribution in [0.15, 0.2) is 23.3 Å². The number of fused-ring (bicyclic) bond motifs is 6. The maximum absolute atomic E-state index is 6.84. The molecule has 332 valence electrons. The van der Waals surface area contributed by atoms with Gasteiger partial charge >= 0.3 is 0 Å². The summed E-state index contributed by atoms with van der Waals surface area (Å²) in [6.45, 7) is 11.9. The van der Waals surface area contributed by atoms with Crippen LogP contribution in [0.1, 0.15) is 130 Å². The van der Waals surface area contributed by atoms with Gasteiger partial charge in [0.1, 0.15) is 36.0 Å². The Bertz CT molecular complexity index is 1570. The van der Waals surface area contributed by atoms with Crippen LogP contribution in [0.25, 0.3) is 0 Å². The highest BCUT2D eigenvalue weighted by Crippen LogP contribution is 2.76. The number of epoxide rings is 2. The molecule has 12 atom stereocenters. The maximum Gasteiger partial charge on any atom is 0.170 e. The van der Waals surface area contributed by atoms with Crippen molar-refractivity contribution in [1.82, 2.24) is 0 Å². The standard InChI is InChI=1S/C48H74O11/c1-9-56-43(21-15-35-33-11-19-41-27-45(49-5,50-6)23-25-47(41,58-41)37(33)13-17-39(35,43)3)29-53-31-55-32-54-30-44(57-10-2)22-16-36-34-12-20-42-28-46(51-7,52-8)24-26-48(42,59-42)38(34)14-18-40(36,44)4/h13-14,33-36H,9-12,15-32H2,1-8H3/t33?,34?,35?,36?,39-,40-,41?,42?,43?,44?,47?,48?/m0/s1. The second kappa shape index (κ2) is 14.3. The Morgan fingerprint density at radius 1 is 0.542 bits per heavy atom. The van der Waals surface area contributed by atoms with Gasteiger partial charge in [-0.3, -0.25) is 0 Å². The quantitative estimate of drug-likeness (QED) is 0.0651. The van der Waals surface area contributed by atoms with Crippen molar-refractivity contribution in [3.8, 4) is 0 Å². The number of hydrogen-bond donors (Lipinski definition) is 0. The summed E-state index contributed by atoms with van der Waals surface area (Å²) in [5.74, 6) is 1.04. The third kappa shape index (κ3) is 5.51. The fourth-order valence-electron chi connectivity index (χ4n) is 16.4. The third-order valence-corrected chi connectivity index (χ3v) is 19.6. The van der Waals surface area contributed by atoms with E-state index in [1.165, 1.54) is 0 Å². The molecule has 8 fully saturated rings. The van der Waals surface area contributed by atoms with Gasteiger partial charge in [0.05, 0.1) is 24.4 Å². The topological polar surface area (TPSA) is 108 Å². The summed E-state index contributed by atoms with van der Waals surface area (Å²) in [4.78, 5) is 0. The number of ether oxygens (including phenoxy) is 11. The molecule has 0 aromatic heterocycles. The highest BCUT2D eigenvalue weighted by Gasteiger charge is 2.81. The van der Waals surface area contributed by atoms with Crippen molar-refractivity contribution in [2.75, 3.05) is 68.5 Å². The minimum Gasteiger partial charge on any atom is -0.372 e. The zero-order valence-corrected chi connectivity index (χ0v) is 37.5. The van der Waals surface area contributed by atoms with Crippen molar-refractivity contribution in [3.63, 3.8) is 0 Å². The van der Waals surface area contributed by atoms with Crippen LogP contribution in [-0.2, 0) is 52.1 Å². The van der Waals surface area contributed by atoms with E-state index >= 15 is 0 Å². The molecule has 0 aromatic carbocycles. The molecule has 6 saturated carbocycles. The molecule has 8 aliphatic carbocycles. The summed E-state index contributed by atoms with van der Waals surface area (Å²) >= 11 is 0. The van der Waals surface area contributed by atoms with Crippen LogP contribution in [0.3, 0.4) is 0 Å². The maximum atomic E-state index is 6.84. The predicted molar refractivity (Wildman–Crippen MR) is 218 cm³/mol. The lowest BCUT2D eigenvalue weighted by Crippen LogP contribution is -2.56. The Morgan fingerprint density at radius 3 is 1.36 bits per heavy atom. The number of hydrogen-bond acceptors (Lipinski definition) is 11. The highest BCUT2D eigenvalue weighted by molar-refractivity contribution is 5.45. The van der Waals surface area contributed by atoms with Crippen LogP contribution in [0.4, 0.5) is 0 Å². The van der Waals surface area contributed by atoms with Gasteiger partial charge < -0.3 is 52.1 Å². The van der Waals surface area contributed by atoms with Gasteiger partial charge in [0.2, 0.25) is 0 Å². The van der Waals surface area contributed by atoms with Crippen LogP contribution >= 0.6 is 0 Å². The Balaban J connectivity index is 0.753. The third-order valence-electron chi connectivity index (χ3n) is 19.6. The molecule has 2 heterocycles. The van der Waals surface area contributed by atoms with E-state index < -0.39 is 11.6 Å². The average molecular weight is 827 g/mol.